The van der Waals surface area contributed by atoms with E-state index in [1.54, 1.807) is 42.5 Å². The van der Waals surface area contributed by atoms with Gasteiger partial charge in [0.05, 0.1) is 6.61 Å². The Bertz CT molecular complexity index is 883. The van der Waals surface area contributed by atoms with E-state index in [1.807, 2.05) is 19.1 Å². The van der Waals surface area contributed by atoms with Gasteiger partial charge in [0.15, 0.2) is 0 Å². The molecule has 27 heavy (non-hydrogen) atoms. The molecule has 0 heterocycles. The van der Waals surface area contributed by atoms with Crippen molar-refractivity contribution >= 4 is 33.6 Å². The number of nitrogens with one attached hydrogen (secondary N) is 1. The maximum atomic E-state index is 12.5. The molecular weight excluding hydrogens is 408 g/mol. The maximum Gasteiger partial charge on any atom is 0.266 e. The first kappa shape index (κ1) is 20.3. The minimum absolute atomic E-state index is 0.0366. The van der Waals surface area contributed by atoms with Gasteiger partial charge in [-0.25, -0.2) is 0 Å². The third kappa shape index (κ3) is 6.01. The molecule has 1 N–H and O–H groups in total. The van der Waals surface area contributed by atoms with Crippen LogP contribution in [0, 0.1) is 11.3 Å². The fraction of sp³-hybridized carbons (Fsp3) is 0.143. The van der Waals surface area contributed by atoms with E-state index < -0.39 is 5.91 Å². The highest BCUT2D eigenvalue weighted by Crippen LogP contribution is 2.26. The summed E-state index contributed by atoms with van der Waals surface area (Å²) in [5, 5.41) is 12.1. The highest BCUT2D eigenvalue weighted by atomic mass is 79.9. The molecule has 2 rings (SSSR count). The lowest BCUT2D eigenvalue weighted by Gasteiger charge is -2.09. The van der Waals surface area contributed by atoms with Crippen molar-refractivity contribution in [1.82, 2.24) is 0 Å². The molecule has 0 aromatic heterocycles. The zero-order chi connectivity index (χ0) is 19.6. The Morgan fingerprint density at radius 2 is 2.00 bits per heavy atom. The van der Waals surface area contributed by atoms with Crippen molar-refractivity contribution in [2.75, 3.05) is 18.5 Å². The Morgan fingerprint density at radius 1 is 1.26 bits per heavy atom. The van der Waals surface area contributed by atoms with E-state index in [0.29, 0.717) is 36.0 Å². The van der Waals surface area contributed by atoms with Crippen molar-refractivity contribution in [2.45, 2.75) is 6.92 Å². The Kier molecular flexibility index (Phi) is 7.65. The second-order valence-electron chi connectivity index (χ2n) is 5.36. The van der Waals surface area contributed by atoms with Crippen LogP contribution in [0.4, 0.5) is 5.69 Å². The van der Waals surface area contributed by atoms with Gasteiger partial charge in [0.25, 0.3) is 5.91 Å². The first-order valence-corrected chi connectivity index (χ1v) is 9.06. The Labute approximate surface area is 167 Å². The number of carbonyl (C=O) groups excluding carboxylic acids is 1. The smallest absolute Gasteiger partial charge is 0.266 e. The molecule has 0 saturated carbocycles. The van der Waals surface area contributed by atoms with E-state index in [2.05, 4.69) is 27.8 Å². The lowest BCUT2D eigenvalue weighted by Crippen LogP contribution is -2.13. The summed E-state index contributed by atoms with van der Waals surface area (Å²) >= 11 is 3.39. The third-order valence-electron chi connectivity index (χ3n) is 3.42. The van der Waals surface area contributed by atoms with E-state index in [-0.39, 0.29) is 5.57 Å². The molecule has 0 saturated heterocycles. The van der Waals surface area contributed by atoms with Crippen molar-refractivity contribution in [3.63, 3.8) is 0 Å². The highest BCUT2D eigenvalue weighted by Gasteiger charge is 2.12. The number of nitrogens with zero attached hydrogens (tertiary/aromatic N) is 1. The predicted molar refractivity (Wildman–Crippen MR) is 110 cm³/mol. The molecule has 2 aromatic rings. The zero-order valence-electron chi connectivity index (χ0n) is 14.9. The van der Waals surface area contributed by atoms with Crippen LogP contribution in [0.5, 0.6) is 11.5 Å². The van der Waals surface area contributed by atoms with Crippen LogP contribution < -0.4 is 14.8 Å². The molecule has 1 amide bonds. The van der Waals surface area contributed by atoms with Gasteiger partial charge in [0, 0.05) is 15.7 Å². The second-order valence-corrected chi connectivity index (χ2v) is 6.28. The number of benzene rings is 2. The van der Waals surface area contributed by atoms with Gasteiger partial charge in [-0.15, -0.1) is 0 Å². The van der Waals surface area contributed by atoms with Crippen molar-refractivity contribution in [3.05, 3.63) is 70.7 Å². The summed E-state index contributed by atoms with van der Waals surface area (Å²) in [6, 6.07) is 14.2. The molecule has 0 fully saturated rings. The van der Waals surface area contributed by atoms with Crippen LogP contribution in [0.2, 0.25) is 0 Å². The lowest BCUT2D eigenvalue weighted by atomic mass is 10.1. The monoisotopic (exact) mass is 426 g/mol. The molecular formula is C21H19BrN2O3. The first-order valence-electron chi connectivity index (χ1n) is 8.26. The number of hydrogen-bond acceptors (Lipinski definition) is 4. The van der Waals surface area contributed by atoms with Gasteiger partial charge in [-0.3, -0.25) is 4.79 Å². The molecule has 0 aliphatic heterocycles. The largest absolute Gasteiger partial charge is 0.494 e. The number of carbonyl (C=O) groups is 1. The van der Waals surface area contributed by atoms with Crippen molar-refractivity contribution in [1.29, 1.82) is 5.26 Å². The summed E-state index contributed by atoms with van der Waals surface area (Å²) in [5.74, 6) is 0.765. The van der Waals surface area contributed by atoms with Gasteiger partial charge >= 0.3 is 0 Å². The average molecular weight is 427 g/mol. The summed E-state index contributed by atoms with van der Waals surface area (Å²) in [5.41, 5.74) is 1.15. The molecule has 138 valence electrons. The van der Waals surface area contributed by atoms with E-state index in [0.717, 1.165) is 4.47 Å². The maximum absolute atomic E-state index is 12.5. The summed E-state index contributed by atoms with van der Waals surface area (Å²) in [6.45, 7) is 6.40. The van der Waals surface area contributed by atoms with Crippen LogP contribution in [0.3, 0.4) is 0 Å². The number of anilines is 1. The molecule has 6 heteroatoms. The molecule has 0 radical (unpaired) electrons. The van der Waals surface area contributed by atoms with Gasteiger partial charge in [-0.2, -0.15) is 5.26 Å². The van der Waals surface area contributed by atoms with Crippen LogP contribution in [0.25, 0.3) is 6.08 Å². The highest BCUT2D eigenvalue weighted by molar-refractivity contribution is 9.10. The molecule has 0 aliphatic carbocycles. The number of nitriles is 1. The normalized spacial score (nSPS) is 10.6. The van der Waals surface area contributed by atoms with E-state index in [4.69, 9.17) is 9.47 Å². The number of amides is 1. The second kappa shape index (κ2) is 10.2. The molecule has 5 nitrogen and oxygen atoms in total. The van der Waals surface area contributed by atoms with E-state index in [9.17, 15) is 10.1 Å². The van der Waals surface area contributed by atoms with E-state index >= 15 is 0 Å². The Morgan fingerprint density at radius 3 is 2.63 bits per heavy atom. The predicted octanol–water partition coefficient (Wildman–Crippen LogP) is 4.96. The van der Waals surface area contributed by atoms with Crippen LogP contribution in [0.1, 0.15) is 12.5 Å². The molecule has 0 bridgehead atoms. The molecule has 0 unspecified atom stereocenters. The zero-order valence-corrected chi connectivity index (χ0v) is 16.5. The van der Waals surface area contributed by atoms with Gasteiger partial charge in [-0.05, 0) is 55.5 Å². The fourth-order valence-corrected chi connectivity index (χ4v) is 2.59. The van der Waals surface area contributed by atoms with Gasteiger partial charge in [0.1, 0.15) is 29.7 Å². The molecule has 0 aliphatic rings. The number of rotatable bonds is 8. The minimum Gasteiger partial charge on any atom is -0.494 e. The lowest BCUT2D eigenvalue weighted by molar-refractivity contribution is -0.112. The number of ether oxygens (including phenoxy) is 2. The van der Waals surface area contributed by atoms with Gasteiger partial charge in [0.2, 0.25) is 0 Å². The fourth-order valence-electron chi connectivity index (χ4n) is 2.22. The van der Waals surface area contributed by atoms with Crippen molar-refractivity contribution < 1.29 is 14.3 Å². The Balaban J connectivity index is 2.22. The van der Waals surface area contributed by atoms with E-state index in [1.165, 1.54) is 6.08 Å². The standard InChI is InChI=1S/C21H19BrN2O3/c1-3-11-27-20-10-5-17(22)13-15(20)12-16(14-23)21(25)24-18-6-8-19(9-7-18)26-4-2/h3,5-10,12-13H,1,4,11H2,2H3,(H,24,25)/b16-12+. The van der Waals surface area contributed by atoms with Crippen molar-refractivity contribution in [3.8, 4) is 17.6 Å². The summed E-state index contributed by atoms with van der Waals surface area (Å²) in [6.07, 6.45) is 3.12. The Hall–Kier alpha value is -3.04. The average Bonchev–Trinajstić information content (AvgIpc) is 2.67. The van der Waals surface area contributed by atoms with Gasteiger partial charge < -0.3 is 14.8 Å². The van der Waals surface area contributed by atoms with Crippen LogP contribution in [-0.4, -0.2) is 19.1 Å². The SMILES string of the molecule is C=CCOc1ccc(Br)cc1/C=C(\C#N)C(=O)Nc1ccc(OCC)cc1. The van der Waals surface area contributed by atoms with Crippen molar-refractivity contribution in [2.24, 2.45) is 0 Å². The topological polar surface area (TPSA) is 71.3 Å². The quantitative estimate of drug-likeness (QED) is 0.367. The number of halogens is 1. The summed E-state index contributed by atoms with van der Waals surface area (Å²) < 4.78 is 11.8. The molecule has 0 spiro atoms. The summed E-state index contributed by atoms with van der Waals surface area (Å²) in [7, 11) is 0. The molecule has 2 aromatic carbocycles. The van der Waals surface area contributed by atoms with Crippen LogP contribution in [0.15, 0.2) is 65.2 Å². The molecule has 0 atom stereocenters. The number of hydrogen-bond donors (Lipinski definition) is 1. The van der Waals surface area contributed by atoms with Crippen LogP contribution in [-0.2, 0) is 4.79 Å². The minimum atomic E-state index is -0.503. The van der Waals surface area contributed by atoms with Crippen LogP contribution >= 0.6 is 15.9 Å². The van der Waals surface area contributed by atoms with Gasteiger partial charge in [-0.1, -0.05) is 28.6 Å². The first-order chi connectivity index (χ1) is 13.1. The third-order valence-corrected chi connectivity index (χ3v) is 3.91. The summed E-state index contributed by atoms with van der Waals surface area (Å²) in [4.78, 5) is 12.5.